The van der Waals surface area contributed by atoms with E-state index in [1.165, 1.54) is 42.7 Å². The highest BCUT2D eigenvalue weighted by molar-refractivity contribution is 7.94. The Labute approximate surface area is 134 Å². The van der Waals surface area contributed by atoms with Crippen molar-refractivity contribution in [2.45, 2.75) is 44.4 Å². The van der Waals surface area contributed by atoms with E-state index < -0.39 is 0 Å². The van der Waals surface area contributed by atoms with E-state index >= 15 is 0 Å². The van der Waals surface area contributed by atoms with Gasteiger partial charge in [0.05, 0.1) is 11.4 Å². The average Bonchev–Trinajstić information content (AvgIpc) is 2.47. The van der Waals surface area contributed by atoms with Crippen LogP contribution >= 0.6 is 11.9 Å². The first-order chi connectivity index (χ1) is 10.2. The second kappa shape index (κ2) is 7.86. The predicted octanol–water partition coefficient (Wildman–Crippen LogP) is 5.90. The van der Waals surface area contributed by atoms with Crippen molar-refractivity contribution in [1.29, 1.82) is 0 Å². The van der Waals surface area contributed by atoms with Gasteiger partial charge in [-0.15, -0.1) is 0 Å². The lowest BCUT2D eigenvalue weighted by Crippen LogP contribution is -2.37. The van der Waals surface area contributed by atoms with Crippen LogP contribution in [0.1, 0.15) is 45.1 Å². The van der Waals surface area contributed by atoms with Gasteiger partial charge in [0.2, 0.25) is 0 Å². The second-order valence-electron chi connectivity index (χ2n) is 6.34. The van der Waals surface area contributed by atoms with Gasteiger partial charge in [-0.05, 0) is 36.5 Å². The van der Waals surface area contributed by atoms with Gasteiger partial charge in [0.25, 0.3) is 0 Å². The number of hydrogen-bond acceptors (Lipinski definition) is 1. The van der Waals surface area contributed by atoms with Crippen LogP contribution in [0.25, 0.3) is 6.08 Å². The summed E-state index contributed by atoms with van der Waals surface area (Å²) in [4.78, 5) is 1.39. The molecule has 0 fully saturated rings. The molecule has 1 atom stereocenters. The zero-order chi connectivity index (χ0) is 15.1. The predicted molar refractivity (Wildman–Crippen MR) is 94.8 cm³/mol. The highest BCUT2D eigenvalue weighted by atomic mass is 32.2. The SMILES string of the molecule is C=CC[N+]1(CCCCCC(C)C)C=Cc2ccccc2S1. The summed E-state index contributed by atoms with van der Waals surface area (Å²) in [5, 5.41) is 0. The van der Waals surface area contributed by atoms with Crippen molar-refractivity contribution in [3.05, 3.63) is 48.7 Å². The number of fused-ring (bicyclic) bond motifs is 1. The van der Waals surface area contributed by atoms with Crippen molar-refractivity contribution in [2.24, 2.45) is 5.92 Å². The van der Waals surface area contributed by atoms with Gasteiger partial charge in [0, 0.05) is 6.08 Å². The molecular formula is C19H28NS+. The quantitative estimate of drug-likeness (QED) is 0.249. The smallest absolute Gasteiger partial charge is 0.118 e. The molecule has 2 rings (SSSR count). The number of quaternary nitrogens is 1. The summed E-state index contributed by atoms with van der Waals surface area (Å²) in [5.74, 6) is 0.831. The van der Waals surface area contributed by atoms with Crippen LogP contribution in [0.5, 0.6) is 0 Å². The summed E-state index contributed by atoms with van der Waals surface area (Å²) < 4.78 is 0.961. The van der Waals surface area contributed by atoms with E-state index in [-0.39, 0.29) is 0 Å². The summed E-state index contributed by atoms with van der Waals surface area (Å²) >= 11 is 1.97. The standard InChI is InChI=1S/C19H28NS/c1-4-14-20(15-9-5-6-10-17(2)3)16-13-18-11-7-8-12-19(18)21-20/h4,7-8,11-13,16-17H,1,5-6,9-10,14-15H2,2-3H3/q+1. The Morgan fingerprint density at radius 2 is 2.00 bits per heavy atom. The molecular weight excluding hydrogens is 274 g/mol. The highest BCUT2D eigenvalue weighted by Gasteiger charge is 2.30. The molecule has 0 spiro atoms. The first kappa shape index (κ1) is 16.4. The van der Waals surface area contributed by atoms with Crippen LogP contribution in [-0.4, -0.2) is 17.0 Å². The molecule has 1 aliphatic rings. The minimum absolute atomic E-state index is 0.831. The Hall–Kier alpha value is -0.990. The minimum Gasteiger partial charge on any atom is -0.228 e. The molecule has 1 nitrogen and oxygen atoms in total. The van der Waals surface area contributed by atoms with Crippen molar-refractivity contribution < 1.29 is 3.89 Å². The van der Waals surface area contributed by atoms with Crippen molar-refractivity contribution in [3.63, 3.8) is 0 Å². The van der Waals surface area contributed by atoms with E-state index in [1.54, 1.807) is 0 Å². The van der Waals surface area contributed by atoms with Crippen molar-refractivity contribution in [3.8, 4) is 0 Å². The van der Waals surface area contributed by atoms with E-state index in [2.05, 4.69) is 63.0 Å². The lowest BCUT2D eigenvalue weighted by atomic mass is 10.1. The Morgan fingerprint density at radius 1 is 1.19 bits per heavy atom. The number of hydrogen-bond donors (Lipinski definition) is 0. The van der Waals surface area contributed by atoms with Gasteiger partial charge < -0.3 is 0 Å². The molecule has 0 saturated heterocycles. The fourth-order valence-corrected chi connectivity index (χ4v) is 4.08. The van der Waals surface area contributed by atoms with Gasteiger partial charge >= 0.3 is 0 Å². The van der Waals surface area contributed by atoms with Crippen LogP contribution in [0.4, 0.5) is 0 Å². The summed E-state index contributed by atoms with van der Waals surface area (Å²) in [7, 11) is 0. The van der Waals surface area contributed by atoms with Gasteiger partial charge in [0.15, 0.2) is 0 Å². The molecule has 1 aromatic carbocycles. The fraction of sp³-hybridized carbons (Fsp3) is 0.474. The van der Waals surface area contributed by atoms with Gasteiger partial charge in [-0.25, -0.2) is 3.89 Å². The number of rotatable bonds is 8. The van der Waals surface area contributed by atoms with E-state index in [0.29, 0.717) is 0 Å². The molecule has 0 N–H and O–H groups in total. The van der Waals surface area contributed by atoms with E-state index in [9.17, 15) is 0 Å². The second-order valence-corrected chi connectivity index (χ2v) is 7.68. The van der Waals surface area contributed by atoms with Crippen LogP contribution in [-0.2, 0) is 0 Å². The van der Waals surface area contributed by atoms with Gasteiger partial charge in [0.1, 0.15) is 24.7 Å². The molecule has 2 heteroatoms. The van der Waals surface area contributed by atoms with Crippen LogP contribution < -0.4 is 0 Å². The molecule has 1 heterocycles. The lowest BCUT2D eigenvalue weighted by molar-refractivity contribution is -0.733. The third-order valence-electron chi connectivity index (χ3n) is 3.98. The van der Waals surface area contributed by atoms with E-state index in [0.717, 1.165) is 16.4 Å². The Balaban J connectivity index is 1.94. The molecule has 0 aromatic heterocycles. The summed E-state index contributed by atoms with van der Waals surface area (Å²) in [6.07, 6.45) is 12.0. The van der Waals surface area contributed by atoms with E-state index in [1.807, 2.05) is 11.9 Å². The average molecular weight is 303 g/mol. The largest absolute Gasteiger partial charge is 0.228 e. The Bertz CT molecular complexity index is 492. The zero-order valence-electron chi connectivity index (χ0n) is 13.4. The minimum atomic E-state index is 0.831. The molecule has 0 saturated carbocycles. The van der Waals surface area contributed by atoms with Crippen LogP contribution in [0, 0.1) is 5.92 Å². The maximum atomic E-state index is 3.96. The highest BCUT2D eigenvalue weighted by Crippen LogP contribution is 2.39. The molecule has 1 aliphatic heterocycles. The zero-order valence-corrected chi connectivity index (χ0v) is 14.2. The molecule has 1 aromatic rings. The first-order valence-corrected chi connectivity index (χ1v) is 8.88. The van der Waals surface area contributed by atoms with Gasteiger partial charge in [-0.1, -0.05) is 51.5 Å². The molecule has 21 heavy (non-hydrogen) atoms. The molecule has 114 valence electrons. The topological polar surface area (TPSA) is 0 Å². The van der Waals surface area contributed by atoms with Crippen molar-refractivity contribution in [2.75, 3.05) is 13.1 Å². The lowest BCUT2D eigenvalue weighted by Gasteiger charge is -2.34. The molecule has 0 aliphatic carbocycles. The van der Waals surface area contributed by atoms with Crippen LogP contribution in [0.15, 0.2) is 48.0 Å². The maximum Gasteiger partial charge on any atom is 0.118 e. The summed E-state index contributed by atoms with van der Waals surface area (Å²) in [6.45, 7) is 10.8. The fourth-order valence-electron chi connectivity index (χ4n) is 2.78. The normalized spacial score (nSPS) is 20.5. The third-order valence-corrected chi connectivity index (χ3v) is 5.37. The monoisotopic (exact) mass is 302 g/mol. The van der Waals surface area contributed by atoms with Crippen molar-refractivity contribution in [1.82, 2.24) is 0 Å². The number of unbranched alkanes of at least 4 members (excludes halogenated alkanes) is 2. The maximum absolute atomic E-state index is 3.96. The first-order valence-electron chi connectivity index (χ1n) is 8.11. The van der Waals surface area contributed by atoms with E-state index in [4.69, 9.17) is 0 Å². The van der Waals surface area contributed by atoms with Gasteiger partial charge in [-0.2, -0.15) is 0 Å². The Morgan fingerprint density at radius 3 is 2.76 bits per heavy atom. The van der Waals surface area contributed by atoms with Crippen LogP contribution in [0.2, 0.25) is 0 Å². The molecule has 0 amide bonds. The van der Waals surface area contributed by atoms with Gasteiger partial charge in [-0.3, -0.25) is 0 Å². The van der Waals surface area contributed by atoms with Crippen molar-refractivity contribution >= 4 is 18.0 Å². The molecule has 0 radical (unpaired) electrons. The Kier molecular flexibility index (Phi) is 6.13. The van der Waals surface area contributed by atoms with Crippen LogP contribution in [0.3, 0.4) is 0 Å². The number of benzene rings is 1. The molecule has 0 bridgehead atoms. The summed E-state index contributed by atoms with van der Waals surface area (Å²) in [5.41, 5.74) is 1.35. The third kappa shape index (κ3) is 4.76. The summed E-state index contributed by atoms with van der Waals surface area (Å²) in [6, 6.07) is 8.68. The molecule has 1 unspecified atom stereocenters. The number of nitrogens with zero attached hydrogens (tertiary/aromatic N) is 1.